The Bertz CT molecular complexity index is 644. The van der Waals surface area contributed by atoms with Crippen molar-refractivity contribution in [3.8, 4) is 5.75 Å². The molecule has 0 fully saturated rings. The van der Waals surface area contributed by atoms with Gasteiger partial charge in [-0.3, -0.25) is 9.59 Å². The zero-order valence-corrected chi connectivity index (χ0v) is 10.3. The fraction of sp³-hybridized carbons (Fsp3) is 0.125. The van der Waals surface area contributed by atoms with E-state index in [2.05, 4.69) is 0 Å². The maximum Gasteiger partial charge on any atom is 0.229 e. The first-order chi connectivity index (χ1) is 9.24. The Hall–Kier alpha value is -2.42. The van der Waals surface area contributed by atoms with Crippen LogP contribution in [-0.2, 0) is 17.8 Å². The average molecular weight is 252 g/mol. The molecule has 0 aromatic heterocycles. The van der Waals surface area contributed by atoms with E-state index in [1.807, 2.05) is 30.3 Å². The molecule has 3 rings (SSSR count). The summed E-state index contributed by atoms with van der Waals surface area (Å²) in [6.45, 7) is 0.474. The normalized spacial score (nSPS) is 13.5. The van der Waals surface area contributed by atoms with E-state index >= 15 is 0 Å². The lowest BCUT2D eigenvalue weighted by atomic mass is 10.1. The summed E-state index contributed by atoms with van der Waals surface area (Å²) >= 11 is 0. The van der Waals surface area contributed by atoms with Crippen molar-refractivity contribution in [3.63, 3.8) is 0 Å². The molecule has 0 unspecified atom stereocenters. The average Bonchev–Trinajstić information content (AvgIpc) is 2.73. The Kier molecular flexibility index (Phi) is 2.88. The first-order valence-electron chi connectivity index (χ1n) is 6.11. The molecule has 0 amide bonds. The van der Waals surface area contributed by atoms with Crippen LogP contribution in [0.2, 0.25) is 0 Å². The summed E-state index contributed by atoms with van der Waals surface area (Å²) in [6.07, 6.45) is 0.191. The molecule has 0 saturated heterocycles. The largest absolute Gasteiger partial charge is 0.489 e. The number of hydrogen-bond acceptors (Lipinski definition) is 3. The van der Waals surface area contributed by atoms with Gasteiger partial charge in [-0.1, -0.05) is 30.3 Å². The Morgan fingerprint density at radius 2 is 1.79 bits per heavy atom. The molecule has 0 bridgehead atoms. The van der Waals surface area contributed by atoms with Crippen molar-refractivity contribution in [2.24, 2.45) is 0 Å². The summed E-state index contributed by atoms with van der Waals surface area (Å²) in [6, 6.07) is 15.0. The predicted octanol–water partition coefficient (Wildman–Crippen LogP) is 2.57. The number of ether oxygens (including phenoxy) is 1. The van der Waals surface area contributed by atoms with Gasteiger partial charge in [-0.05, 0) is 29.3 Å². The van der Waals surface area contributed by atoms with Crippen LogP contribution in [0.3, 0.4) is 0 Å². The molecular formula is C16H12O3. The van der Waals surface area contributed by atoms with Crippen molar-refractivity contribution < 1.29 is 14.3 Å². The molecule has 0 spiro atoms. The number of benzene rings is 2. The molecule has 0 N–H and O–H groups in total. The van der Waals surface area contributed by atoms with Crippen LogP contribution in [0.5, 0.6) is 5.75 Å². The Balaban J connectivity index is 1.76. The van der Waals surface area contributed by atoms with Crippen LogP contribution in [0, 0.1) is 0 Å². The third-order valence-electron chi connectivity index (χ3n) is 3.17. The molecule has 0 aliphatic heterocycles. The second-order valence-electron chi connectivity index (χ2n) is 4.52. The Labute approximate surface area is 110 Å². The van der Waals surface area contributed by atoms with Crippen molar-refractivity contribution >= 4 is 11.6 Å². The van der Waals surface area contributed by atoms with Crippen LogP contribution >= 0.6 is 0 Å². The van der Waals surface area contributed by atoms with Gasteiger partial charge in [0.25, 0.3) is 0 Å². The van der Waals surface area contributed by atoms with Crippen molar-refractivity contribution in [2.45, 2.75) is 13.0 Å². The molecule has 0 radical (unpaired) electrons. The highest BCUT2D eigenvalue weighted by molar-refractivity contribution is 6.47. The van der Waals surface area contributed by atoms with E-state index in [1.165, 1.54) is 0 Å². The summed E-state index contributed by atoms with van der Waals surface area (Å²) in [5.41, 5.74) is 2.35. The van der Waals surface area contributed by atoms with E-state index in [4.69, 9.17) is 4.74 Å². The molecule has 0 atom stereocenters. The van der Waals surface area contributed by atoms with E-state index in [1.54, 1.807) is 18.2 Å². The van der Waals surface area contributed by atoms with Gasteiger partial charge in [0.2, 0.25) is 11.6 Å². The number of rotatable bonds is 3. The third kappa shape index (κ3) is 2.27. The molecule has 2 aromatic rings. The van der Waals surface area contributed by atoms with Crippen molar-refractivity contribution in [2.75, 3.05) is 0 Å². The van der Waals surface area contributed by atoms with E-state index in [9.17, 15) is 9.59 Å². The first kappa shape index (κ1) is 11.7. The zero-order chi connectivity index (χ0) is 13.2. The van der Waals surface area contributed by atoms with Gasteiger partial charge in [0.1, 0.15) is 12.4 Å². The van der Waals surface area contributed by atoms with E-state index in [0.717, 1.165) is 11.1 Å². The van der Waals surface area contributed by atoms with Gasteiger partial charge in [0.05, 0.1) is 0 Å². The number of ketones is 2. The minimum atomic E-state index is -0.385. The van der Waals surface area contributed by atoms with Gasteiger partial charge in [-0.15, -0.1) is 0 Å². The molecule has 0 saturated carbocycles. The fourth-order valence-electron chi connectivity index (χ4n) is 2.17. The lowest BCUT2D eigenvalue weighted by molar-refractivity contribution is -0.114. The van der Waals surface area contributed by atoms with Gasteiger partial charge >= 0.3 is 0 Å². The molecule has 2 aromatic carbocycles. The highest BCUT2D eigenvalue weighted by atomic mass is 16.5. The number of carbonyl (C=O) groups excluding carboxylic acids is 2. The highest BCUT2D eigenvalue weighted by Gasteiger charge is 2.28. The number of hydrogen-bond donors (Lipinski definition) is 0. The summed E-state index contributed by atoms with van der Waals surface area (Å²) in [5, 5.41) is 0. The van der Waals surface area contributed by atoms with Crippen LogP contribution in [0.4, 0.5) is 0 Å². The third-order valence-corrected chi connectivity index (χ3v) is 3.17. The molecule has 19 heavy (non-hydrogen) atoms. The minimum absolute atomic E-state index is 0.191. The Morgan fingerprint density at radius 1 is 1.00 bits per heavy atom. The van der Waals surface area contributed by atoms with E-state index in [0.29, 0.717) is 17.9 Å². The van der Waals surface area contributed by atoms with E-state index in [-0.39, 0.29) is 18.0 Å². The zero-order valence-electron chi connectivity index (χ0n) is 10.3. The second-order valence-corrected chi connectivity index (χ2v) is 4.52. The Morgan fingerprint density at radius 3 is 2.58 bits per heavy atom. The van der Waals surface area contributed by atoms with Gasteiger partial charge < -0.3 is 4.74 Å². The minimum Gasteiger partial charge on any atom is -0.489 e. The topological polar surface area (TPSA) is 43.4 Å². The molecule has 0 heterocycles. The van der Waals surface area contributed by atoms with Gasteiger partial charge in [0, 0.05) is 12.0 Å². The van der Waals surface area contributed by atoms with Crippen LogP contribution in [0.15, 0.2) is 48.5 Å². The molecule has 1 aliphatic carbocycles. The maximum absolute atomic E-state index is 11.5. The lowest BCUT2D eigenvalue weighted by Gasteiger charge is -2.07. The summed E-state index contributed by atoms with van der Waals surface area (Å²) in [5.74, 6) is -0.0371. The molecule has 3 heteroatoms. The fourth-order valence-corrected chi connectivity index (χ4v) is 2.17. The second kappa shape index (κ2) is 4.69. The summed E-state index contributed by atoms with van der Waals surface area (Å²) < 4.78 is 5.67. The van der Waals surface area contributed by atoms with Gasteiger partial charge in [-0.25, -0.2) is 0 Å². The molecular weight excluding hydrogens is 240 g/mol. The number of Topliss-reactive ketones (excluding diaryl/α,β-unsaturated/α-hetero) is 2. The van der Waals surface area contributed by atoms with Crippen molar-refractivity contribution in [3.05, 3.63) is 65.2 Å². The van der Waals surface area contributed by atoms with Gasteiger partial charge in [-0.2, -0.15) is 0 Å². The van der Waals surface area contributed by atoms with Crippen molar-refractivity contribution in [1.29, 1.82) is 0 Å². The van der Waals surface area contributed by atoms with Crippen LogP contribution in [0.1, 0.15) is 21.5 Å². The molecule has 94 valence electrons. The maximum atomic E-state index is 11.5. The number of fused-ring (bicyclic) bond motifs is 1. The highest BCUT2D eigenvalue weighted by Crippen LogP contribution is 2.25. The van der Waals surface area contributed by atoms with Crippen LogP contribution in [0.25, 0.3) is 0 Å². The standard InChI is InChI=1S/C16H12O3/c17-15-9-12-8-13(6-7-14(12)16(15)18)19-10-11-4-2-1-3-5-11/h1-8H,9-10H2. The lowest BCUT2D eigenvalue weighted by Crippen LogP contribution is -2.05. The predicted molar refractivity (Wildman–Crippen MR) is 70.3 cm³/mol. The number of carbonyl (C=O) groups is 2. The van der Waals surface area contributed by atoms with Gasteiger partial charge in [0.15, 0.2) is 0 Å². The van der Waals surface area contributed by atoms with E-state index < -0.39 is 0 Å². The van der Waals surface area contributed by atoms with Crippen LogP contribution in [-0.4, -0.2) is 11.6 Å². The van der Waals surface area contributed by atoms with Crippen molar-refractivity contribution in [1.82, 2.24) is 0 Å². The first-order valence-corrected chi connectivity index (χ1v) is 6.11. The SMILES string of the molecule is O=C1Cc2cc(OCc3ccccc3)ccc2C1=O. The van der Waals surface area contributed by atoms with Crippen LogP contribution < -0.4 is 4.74 Å². The smallest absolute Gasteiger partial charge is 0.229 e. The summed E-state index contributed by atoms with van der Waals surface area (Å²) in [4.78, 5) is 22.8. The monoisotopic (exact) mass is 252 g/mol. The molecule has 1 aliphatic rings. The quantitative estimate of drug-likeness (QED) is 0.788. The summed E-state index contributed by atoms with van der Waals surface area (Å²) in [7, 11) is 0. The molecule has 3 nitrogen and oxygen atoms in total.